The molecule has 2 heterocycles. The van der Waals surface area contributed by atoms with E-state index in [0.717, 1.165) is 18.7 Å². The fraction of sp³-hybridized carbons (Fsp3) is 0.400. The Bertz CT molecular complexity index is 325. The number of hydrogen-bond acceptors (Lipinski definition) is 2. The molecule has 0 bridgehead atoms. The molecule has 1 aliphatic heterocycles. The van der Waals surface area contributed by atoms with Gasteiger partial charge in [-0.2, -0.15) is 0 Å². The van der Waals surface area contributed by atoms with Gasteiger partial charge in [0.25, 0.3) is 0 Å². The summed E-state index contributed by atoms with van der Waals surface area (Å²) in [5, 5.41) is 0. The maximum absolute atomic E-state index is 11.5. The Kier molecular flexibility index (Phi) is 2.35. The Morgan fingerprint density at radius 2 is 2.36 bits per heavy atom. The summed E-state index contributed by atoms with van der Waals surface area (Å²) in [4.78, 5) is 19.1. The summed E-state index contributed by atoms with van der Waals surface area (Å²) in [5.41, 5.74) is 1.08. The Hall–Kier alpha value is -1.58. The molecule has 0 aromatic carbocycles. The fourth-order valence-electron chi connectivity index (χ4n) is 1.56. The maximum Gasteiger partial charge on any atom is 0.320 e. The number of hydrogen-bond donors (Lipinski definition) is 0. The first-order chi connectivity index (χ1) is 6.77. The topological polar surface area (TPSA) is 36.4 Å². The molecule has 1 aromatic rings. The molecule has 1 aromatic heterocycles. The zero-order chi connectivity index (χ0) is 9.97. The number of likely N-dealkylation sites (N-methyl/N-ethyl adjacent to an activating group) is 1. The Morgan fingerprint density at radius 1 is 1.50 bits per heavy atom. The van der Waals surface area contributed by atoms with Crippen LogP contribution in [0.3, 0.4) is 0 Å². The number of amides is 2. The molecule has 0 aliphatic carbocycles. The molecule has 0 N–H and O–H groups in total. The lowest BCUT2D eigenvalue weighted by Gasteiger charge is -2.15. The van der Waals surface area contributed by atoms with Gasteiger partial charge in [-0.3, -0.25) is 4.98 Å². The molecule has 4 heteroatoms. The third-order valence-corrected chi connectivity index (χ3v) is 2.40. The molecule has 4 nitrogen and oxygen atoms in total. The SMILES string of the molecule is CN1CCN(Cc2cccnc2)C1=O. The van der Waals surface area contributed by atoms with Crippen molar-refractivity contribution in [2.24, 2.45) is 0 Å². The van der Waals surface area contributed by atoms with Crippen LogP contribution >= 0.6 is 0 Å². The maximum atomic E-state index is 11.5. The van der Waals surface area contributed by atoms with Crippen molar-refractivity contribution in [3.63, 3.8) is 0 Å². The normalized spacial score (nSPS) is 16.5. The molecule has 0 radical (unpaired) electrons. The summed E-state index contributed by atoms with van der Waals surface area (Å²) >= 11 is 0. The zero-order valence-corrected chi connectivity index (χ0v) is 8.18. The van der Waals surface area contributed by atoms with Gasteiger partial charge in [-0.05, 0) is 11.6 Å². The van der Waals surface area contributed by atoms with Crippen molar-refractivity contribution in [3.05, 3.63) is 30.1 Å². The van der Waals surface area contributed by atoms with E-state index in [1.54, 1.807) is 17.3 Å². The van der Waals surface area contributed by atoms with Crippen molar-refractivity contribution < 1.29 is 4.79 Å². The van der Waals surface area contributed by atoms with E-state index in [1.807, 2.05) is 24.1 Å². The largest absolute Gasteiger partial charge is 0.326 e. The molecule has 1 saturated heterocycles. The number of rotatable bonds is 2. The van der Waals surface area contributed by atoms with Gasteiger partial charge in [-0.1, -0.05) is 6.07 Å². The van der Waals surface area contributed by atoms with Crippen LogP contribution < -0.4 is 0 Å². The number of carbonyl (C=O) groups is 1. The zero-order valence-electron chi connectivity index (χ0n) is 8.18. The van der Waals surface area contributed by atoms with Crippen molar-refractivity contribution >= 4 is 6.03 Å². The van der Waals surface area contributed by atoms with Gasteiger partial charge in [0.15, 0.2) is 0 Å². The van der Waals surface area contributed by atoms with E-state index in [1.165, 1.54) is 0 Å². The van der Waals surface area contributed by atoms with Gasteiger partial charge in [-0.25, -0.2) is 4.79 Å². The van der Waals surface area contributed by atoms with Crippen LogP contribution in [0.4, 0.5) is 4.79 Å². The quantitative estimate of drug-likeness (QED) is 0.697. The number of urea groups is 1. The van der Waals surface area contributed by atoms with Gasteiger partial charge >= 0.3 is 6.03 Å². The van der Waals surface area contributed by atoms with E-state index in [4.69, 9.17) is 0 Å². The lowest BCUT2D eigenvalue weighted by atomic mass is 10.3. The van der Waals surface area contributed by atoms with Crippen molar-refractivity contribution in [1.29, 1.82) is 0 Å². The number of aromatic nitrogens is 1. The second-order valence-electron chi connectivity index (χ2n) is 3.49. The third-order valence-electron chi connectivity index (χ3n) is 2.40. The molecule has 0 unspecified atom stereocenters. The van der Waals surface area contributed by atoms with Crippen molar-refractivity contribution in [2.75, 3.05) is 20.1 Å². The lowest BCUT2D eigenvalue weighted by molar-refractivity contribution is 0.197. The van der Waals surface area contributed by atoms with Crippen molar-refractivity contribution in [2.45, 2.75) is 6.54 Å². The highest BCUT2D eigenvalue weighted by atomic mass is 16.2. The van der Waals surface area contributed by atoms with Crippen LogP contribution in [0, 0.1) is 0 Å². The van der Waals surface area contributed by atoms with Crippen LogP contribution in [-0.4, -0.2) is 41.0 Å². The van der Waals surface area contributed by atoms with Crippen LogP contribution in [0.15, 0.2) is 24.5 Å². The molecule has 14 heavy (non-hydrogen) atoms. The van der Waals surface area contributed by atoms with Crippen LogP contribution in [0.5, 0.6) is 0 Å². The minimum Gasteiger partial charge on any atom is -0.326 e. The van der Waals surface area contributed by atoms with Gasteiger partial charge in [-0.15, -0.1) is 0 Å². The molecule has 1 aliphatic rings. The molecule has 0 spiro atoms. The van der Waals surface area contributed by atoms with Gasteiger partial charge in [0.05, 0.1) is 0 Å². The number of pyridine rings is 1. The predicted molar refractivity (Wildman–Crippen MR) is 52.7 cm³/mol. The minimum atomic E-state index is 0.105. The fourth-order valence-corrected chi connectivity index (χ4v) is 1.56. The molecule has 2 rings (SSSR count). The summed E-state index contributed by atoms with van der Waals surface area (Å²) < 4.78 is 0. The monoisotopic (exact) mass is 191 g/mol. The molecular formula is C10H13N3O. The standard InChI is InChI=1S/C10H13N3O/c1-12-5-6-13(10(12)14)8-9-3-2-4-11-7-9/h2-4,7H,5-6,8H2,1H3. The average molecular weight is 191 g/mol. The summed E-state index contributed by atoms with van der Waals surface area (Å²) in [6.07, 6.45) is 3.53. The Balaban J connectivity index is 2.02. The lowest BCUT2D eigenvalue weighted by Crippen LogP contribution is -2.28. The van der Waals surface area contributed by atoms with Crippen molar-refractivity contribution in [1.82, 2.24) is 14.8 Å². The number of carbonyl (C=O) groups excluding carboxylic acids is 1. The van der Waals surface area contributed by atoms with E-state index in [-0.39, 0.29) is 6.03 Å². The first-order valence-corrected chi connectivity index (χ1v) is 4.66. The molecule has 0 atom stereocenters. The van der Waals surface area contributed by atoms with E-state index < -0.39 is 0 Å². The smallest absolute Gasteiger partial charge is 0.320 e. The summed E-state index contributed by atoms with van der Waals surface area (Å²) in [5.74, 6) is 0. The molecule has 0 saturated carbocycles. The van der Waals surface area contributed by atoms with Gasteiger partial charge in [0.2, 0.25) is 0 Å². The molecule has 2 amide bonds. The van der Waals surface area contributed by atoms with Crippen LogP contribution in [0.1, 0.15) is 5.56 Å². The van der Waals surface area contributed by atoms with E-state index in [9.17, 15) is 4.79 Å². The van der Waals surface area contributed by atoms with Gasteiger partial charge in [0.1, 0.15) is 0 Å². The van der Waals surface area contributed by atoms with Crippen LogP contribution in [0.2, 0.25) is 0 Å². The Labute approximate surface area is 83.2 Å². The predicted octanol–water partition coefficient (Wildman–Crippen LogP) is 0.949. The first kappa shape index (κ1) is 8.99. The first-order valence-electron chi connectivity index (χ1n) is 4.66. The van der Waals surface area contributed by atoms with Crippen LogP contribution in [-0.2, 0) is 6.54 Å². The molecule has 74 valence electrons. The van der Waals surface area contributed by atoms with Crippen LogP contribution in [0.25, 0.3) is 0 Å². The van der Waals surface area contributed by atoms with E-state index in [0.29, 0.717) is 6.54 Å². The summed E-state index contributed by atoms with van der Waals surface area (Å²) in [6, 6.07) is 3.98. The third kappa shape index (κ3) is 1.69. The summed E-state index contributed by atoms with van der Waals surface area (Å²) in [6.45, 7) is 2.29. The second-order valence-corrected chi connectivity index (χ2v) is 3.49. The van der Waals surface area contributed by atoms with Gasteiger partial charge in [0, 0.05) is 39.1 Å². The highest BCUT2D eigenvalue weighted by molar-refractivity contribution is 5.76. The molecule has 1 fully saturated rings. The van der Waals surface area contributed by atoms with Gasteiger partial charge < -0.3 is 9.80 Å². The average Bonchev–Trinajstić information content (AvgIpc) is 2.52. The highest BCUT2D eigenvalue weighted by Gasteiger charge is 2.24. The summed E-state index contributed by atoms with van der Waals surface area (Å²) in [7, 11) is 1.82. The molecular weight excluding hydrogens is 178 g/mol. The van der Waals surface area contributed by atoms with E-state index in [2.05, 4.69) is 4.98 Å². The highest BCUT2D eigenvalue weighted by Crippen LogP contribution is 2.10. The second kappa shape index (κ2) is 3.65. The Morgan fingerprint density at radius 3 is 2.93 bits per heavy atom. The minimum absolute atomic E-state index is 0.105. The van der Waals surface area contributed by atoms with E-state index >= 15 is 0 Å². The number of nitrogens with zero attached hydrogens (tertiary/aromatic N) is 3. The van der Waals surface area contributed by atoms with Crippen molar-refractivity contribution in [3.8, 4) is 0 Å².